The smallest absolute Gasteiger partial charge is 0.242 e. The zero-order chi connectivity index (χ0) is 8.48. The predicted molar refractivity (Wildman–Crippen MR) is 39.2 cm³/mol. The van der Waals surface area contributed by atoms with Gasteiger partial charge in [-0.2, -0.15) is 8.42 Å². The summed E-state index contributed by atoms with van der Waals surface area (Å²) in [5.74, 6) is 0. The molecule has 0 aliphatic carbocycles. The van der Waals surface area contributed by atoms with Crippen LogP contribution in [0.25, 0.3) is 0 Å². The minimum Gasteiger partial charge on any atom is -0.242 e. The van der Waals surface area contributed by atoms with Crippen LogP contribution in [0.5, 0.6) is 0 Å². The molecule has 11 heavy (non-hydrogen) atoms. The zero-order valence-corrected chi connectivity index (χ0v) is 7.43. The van der Waals surface area contributed by atoms with Crippen LogP contribution >= 0.6 is 0 Å². The Hall–Kier alpha value is -0.130. The summed E-state index contributed by atoms with van der Waals surface area (Å²) in [4.78, 5) is 0. The molecule has 0 aromatic heterocycles. The Bertz CT molecular complexity index is 203. The number of rotatable bonds is 2. The van der Waals surface area contributed by atoms with E-state index in [1.54, 1.807) is 0 Å². The second-order valence-corrected chi connectivity index (χ2v) is 3.70. The summed E-state index contributed by atoms with van der Waals surface area (Å²) in [6.45, 7) is 3.75. The lowest BCUT2D eigenvalue weighted by Gasteiger charge is -2.08. The van der Waals surface area contributed by atoms with Gasteiger partial charge >= 0.3 is 10.4 Å². The van der Waals surface area contributed by atoms with Crippen molar-refractivity contribution in [2.75, 3.05) is 0 Å². The fourth-order valence-corrected chi connectivity index (χ4v) is 2.28. The Kier molecular flexibility index (Phi) is 2.51. The zero-order valence-electron chi connectivity index (χ0n) is 6.61. The summed E-state index contributed by atoms with van der Waals surface area (Å²) in [7, 11) is -3.67. The van der Waals surface area contributed by atoms with Gasteiger partial charge in [-0.25, -0.2) is 8.37 Å². The summed E-state index contributed by atoms with van der Waals surface area (Å²) in [5, 5.41) is 0. The molecule has 2 atom stereocenters. The van der Waals surface area contributed by atoms with Crippen molar-refractivity contribution in [3.63, 3.8) is 0 Å². The molecule has 0 aromatic rings. The van der Waals surface area contributed by atoms with Crippen LogP contribution in [-0.4, -0.2) is 20.6 Å². The van der Waals surface area contributed by atoms with Gasteiger partial charge in [-0.3, -0.25) is 0 Å². The van der Waals surface area contributed by atoms with E-state index in [9.17, 15) is 8.42 Å². The predicted octanol–water partition coefficient (Wildman–Crippen LogP) is 0.835. The van der Waals surface area contributed by atoms with E-state index < -0.39 is 10.4 Å². The van der Waals surface area contributed by atoms with Gasteiger partial charge in [0.05, 0.1) is 0 Å². The molecular formula is C6H12O4S. The molecule has 0 radical (unpaired) electrons. The molecule has 5 heteroatoms. The Balaban J connectivity index is 2.70. The monoisotopic (exact) mass is 180 g/mol. The average Bonchev–Trinajstić information content (AvgIpc) is 2.25. The molecule has 1 aliphatic rings. The second-order valence-electron chi connectivity index (χ2n) is 2.49. The third-order valence-electron chi connectivity index (χ3n) is 1.70. The Morgan fingerprint density at radius 1 is 1.09 bits per heavy atom. The molecule has 1 aliphatic heterocycles. The van der Waals surface area contributed by atoms with Crippen molar-refractivity contribution in [1.29, 1.82) is 0 Å². The summed E-state index contributed by atoms with van der Waals surface area (Å²) < 4.78 is 30.8. The molecular weight excluding hydrogens is 168 g/mol. The van der Waals surface area contributed by atoms with Crippen molar-refractivity contribution in [2.24, 2.45) is 0 Å². The first-order valence-electron chi connectivity index (χ1n) is 3.70. The van der Waals surface area contributed by atoms with Crippen LogP contribution in [-0.2, 0) is 18.8 Å². The molecule has 1 rings (SSSR count). The SMILES string of the molecule is CC[C@H]1OS(=O)(=O)O[C@@H]1CC. The first-order valence-corrected chi connectivity index (χ1v) is 5.04. The molecule has 0 aromatic carbocycles. The van der Waals surface area contributed by atoms with Crippen LogP contribution in [0.15, 0.2) is 0 Å². The highest BCUT2D eigenvalue weighted by molar-refractivity contribution is 7.82. The first-order chi connectivity index (χ1) is 5.09. The van der Waals surface area contributed by atoms with E-state index in [0.29, 0.717) is 12.8 Å². The van der Waals surface area contributed by atoms with Crippen molar-refractivity contribution in [2.45, 2.75) is 38.9 Å². The van der Waals surface area contributed by atoms with E-state index in [2.05, 4.69) is 8.37 Å². The molecule has 0 amide bonds. The largest absolute Gasteiger partial charge is 0.400 e. The van der Waals surface area contributed by atoms with Gasteiger partial charge in [0.1, 0.15) is 12.2 Å². The second kappa shape index (κ2) is 3.08. The van der Waals surface area contributed by atoms with Crippen molar-refractivity contribution < 1.29 is 16.8 Å². The topological polar surface area (TPSA) is 52.6 Å². The van der Waals surface area contributed by atoms with Gasteiger partial charge in [0.25, 0.3) is 0 Å². The molecule has 1 saturated heterocycles. The van der Waals surface area contributed by atoms with E-state index in [1.807, 2.05) is 13.8 Å². The van der Waals surface area contributed by atoms with Crippen LogP contribution in [0.1, 0.15) is 26.7 Å². The van der Waals surface area contributed by atoms with Crippen molar-refractivity contribution in [1.82, 2.24) is 0 Å². The van der Waals surface area contributed by atoms with Gasteiger partial charge < -0.3 is 0 Å². The standard InChI is InChI=1S/C6H12O4S/c1-3-5-6(4-2)10-11(7,8)9-5/h5-6H,3-4H2,1-2H3/t5-,6-/m1/s1. The maximum atomic E-state index is 10.7. The third-order valence-corrected chi connectivity index (χ3v) is 2.67. The van der Waals surface area contributed by atoms with Gasteiger partial charge in [0.15, 0.2) is 0 Å². The molecule has 0 spiro atoms. The third kappa shape index (κ3) is 1.91. The summed E-state index contributed by atoms with van der Waals surface area (Å²) in [5.41, 5.74) is 0. The van der Waals surface area contributed by atoms with E-state index in [-0.39, 0.29) is 12.2 Å². The highest BCUT2D eigenvalue weighted by Crippen LogP contribution is 2.24. The fraction of sp³-hybridized carbons (Fsp3) is 1.00. The lowest BCUT2D eigenvalue weighted by Crippen LogP contribution is -2.20. The summed E-state index contributed by atoms with van der Waals surface area (Å²) in [6, 6.07) is 0. The molecule has 0 unspecified atom stereocenters. The first kappa shape index (κ1) is 8.96. The van der Waals surface area contributed by atoms with Crippen LogP contribution in [0, 0.1) is 0 Å². The van der Waals surface area contributed by atoms with E-state index in [0.717, 1.165) is 0 Å². The Morgan fingerprint density at radius 3 is 1.73 bits per heavy atom. The van der Waals surface area contributed by atoms with Gasteiger partial charge in [-0.05, 0) is 12.8 Å². The molecule has 1 fully saturated rings. The van der Waals surface area contributed by atoms with Gasteiger partial charge in [-0.1, -0.05) is 13.8 Å². The summed E-state index contributed by atoms with van der Waals surface area (Å²) in [6.07, 6.45) is 0.755. The fourth-order valence-electron chi connectivity index (χ4n) is 1.11. The molecule has 4 nitrogen and oxygen atoms in total. The van der Waals surface area contributed by atoms with Crippen molar-refractivity contribution >= 4 is 10.4 Å². The highest BCUT2D eigenvalue weighted by atomic mass is 32.3. The Morgan fingerprint density at radius 2 is 1.45 bits per heavy atom. The average molecular weight is 180 g/mol. The Labute approximate surface area is 66.8 Å². The number of hydrogen-bond donors (Lipinski definition) is 0. The molecule has 66 valence electrons. The quantitative estimate of drug-likeness (QED) is 0.631. The lowest BCUT2D eigenvalue weighted by atomic mass is 10.1. The highest BCUT2D eigenvalue weighted by Gasteiger charge is 2.37. The van der Waals surface area contributed by atoms with Crippen LogP contribution in [0.3, 0.4) is 0 Å². The minimum atomic E-state index is -3.67. The van der Waals surface area contributed by atoms with Crippen LogP contribution < -0.4 is 0 Å². The van der Waals surface area contributed by atoms with Gasteiger partial charge in [0.2, 0.25) is 0 Å². The normalized spacial score (nSPS) is 35.8. The maximum absolute atomic E-state index is 10.7. The molecule has 0 bridgehead atoms. The van der Waals surface area contributed by atoms with Gasteiger partial charge in [-0.15, -0.1) is 0 Å². The molecule has 0 N–H and O–H groups in total. The van der Waals surface area contributed by atoms with Crippen LogP contribution in [0.2, 0.25) is 0 Å². The summed E-state index contributed by atoms with van der Waals surface area (Å²) >= 11 is 0. The van der Waals surface area contributed by atoms with E-state index in [4.69, 9.17) is 0 Å². The van der Waals surface area contributed by atoms with Crippen LogP contribution in [0.4, 0.5) is 0 Å². The van der Waals surface area contributed by atoms with Crippen molar-refractivity contribution in [3.05, 3.63) is 0 Å². The minimum absolute atomic E-state index is 0.287. The van der Waals surface area contributed by atoms with E-state index in [1.165, 1.54) is 0 Å². The van der Waals surface area contributed by atoms with E-state index >= 15 is 0 Å². The molecule has 0 saturated carbocycles. The maximum Gasteiger partial charge on any atom is 0.400 e. The van der Waals surface area contributed by atoms with Gasteiger partial charge in [0, 0.05) is 0 Å². The van der Waals surface area contributed by atoms with Crippen molar-refractivity contribution in [3.8, 4) is 0 Å². The molecule has 1 heterocycles. The number of hydrogen-bond acceptors (Lipinski definition) is 4. The lowest BCUT2D eigenvalue weighted by molar-refractivity contribution is 0.148.